The first-order valence-corrected chi connectivity index (χ1v) is 4.13. The van der Waals surface area contributed by atoms with Gasteiger partial charge in [0.15, 0.2) is 0 Å². The van der Waals surface area contributed by atoms with Gasteiger partial charge in [-0.2, -0.15) is 5.26 Å². The summed E-state index contributed by atoms with van der Waals surface area (Å²) in [7, 11) is 3.80. The molecule has 0 atom stereocenters. The van der Waals surface area contributed by atoms with E-state index >= 15 is 0 Å². The van der Waals surface area contributed by atoms with Crippen LogP contribution < -0.4 is 0 Å². The van der Waals surface area contributed by atoms with Gasteiger partial charge < -0.3 is 0 Å². The minimum Gasteiger partial charge on any atom is -0.299 e. The molecule has 0 unspecified atom stereocenters. The quantitative estimate of drug-likeness (QED) is 0.660. The van der Waals surface area contributed by atoms with Gasteiger partial charge in [0.2, 0.25) is 0 Å². The first kappa shape index (κ1) is 9.68. The maximum atomic E-state index is 8.38. The molecule has 0 radical (unpaired) electrons. The van der Waals surface area contributed by atoms with E-state index in [0.29, 0.717) is 6.42 Å². The van der Waals surface area contributed by atoms with Crippen LogP contribution in [0.15, 0.2) is 6.20 Å². The largest absolute Gasteiger partial charge is 0.299 e. The molecule has 5 heteroatoms. The second kappa shape index (κ2) is 4.58. The highest BCUT2D eigenvalue weighted by Crippen LogP contribution is 1.97. The van der Waals surface area contributed by atoms with E-state index in [4.69, 9.17) is 5.26 Å². The Morgan fingerprint density at radius 2 is 2.46 bits per heavy atom. The van der Waals surface area contributed by atoms with Crippen LogP contribution in [0.25, 0.3) is 0 Å². The summed E-state index contributed by atoms with van der Waals surface area (Å²) in [6.07, 6.45) is 2.43. The van der Waals surface area contributed by atoms with Crippen molar-refractivity contribution in [1.29, 1.82) is 5.26 Å². The van der Waals surface area contributed by atoms with Gasteiger partial charge in [0.25, 0.3) is 0 Å². The summed E-state index contributed by atoms with van der Waals surface area (Å²) in [5, 5.41) is 16.2. The monoisotopic (exact) mass is 179 g/mol. The smallest absolute Gasteiger partial charge is 0.0966 e. The zero-order valence-electron chi connectivity index (χ0n) is 7.93. The van der Waals surface area contributed by atoms with Crippen LogP contribution in [0.2, 0.25) is 0 Å². The molecule has 0 saturated heterocycles. The van der Waals surface area contributed by atoms with Gasteiger partial charge in [-0.1, -0.05) is 5.21 Å². The lowest BCUT2D eigenvalue weighted by Crippen LogP contribution is -2.18. The summed E-state index contributed by atoms with van der Waals surface area (Å²) in [5.41, 5.74) is 0.933. The van der Waals surface area contributed by atoms with Crippen LogP contribution in [-0.4, -0.2) is 33.5 Å². The number of nitrogens with zero attached hydrogens (tertiary/aromatic N) is 5. The second-order valence-electron chi connectivity index (χ2n) is 3.03. The van der Waals surface area contributed by atoms with Gasteiger partial charge in [-0.25, -0.2) is 0 Å². The standard InChI is InChI=1S/C8H13N5/c1-12(5-3-4-9)6-8-7-13(2)11-10-8/h7H,3,5-6H2,1-2H3. The molecule has 1 aromatic rings. The Labute approximate surface area is 77.6 Å². The normalized spacial score (nSPS) is 10.3. The van der Waals surface area contributed by atoms with Gasteiger partial charge in [-0.05, 0) is 7.05 Å². The summed E-state index contributed by atoms with van der Waals surface area (Å²) in [4.78, 5) is 2.05. The molecule has 0 aromatic carbocycles. The zero-order chi connectivity index (χ0) is 9.68. The van der Waals surface area contributed by atoms with Gasteiger partial charge in [-0.3, -0.25) is 9.58 Å². The lowest BCUT2D eigenvalue weighted by atomic mass is 10.4. The summed E-state index contributed by atoms with van der Waals surface area (Å²) in [6.45, 7) is 1.52. The summed E-state index contributed by atoms with van der Waals surface area (Å²) < 4.78 is 1.67. The van der Waals surface area contributed by atoms with E-state index in [1.54, 1.807) is 4.68 Å². The third-order valence-corrected chi connectivity index (χ3v) is 1.69. The molecule has 70 valence electrons. The van der Waals surface area contributed by atoms with Crippen LogP contribution in [0.4, 0.5) is 0 Å². The topological polar surface area (TPSA) is 57.7 Å². The van der Waals surface area contributed by atoms with Crippen molar-refractivity contribution in [2.75, 3.05) is 13.6 Å². The molecular weight excluding hydrogens is 166 g/mol. The van der Waals surface area contributed by atoms with Gasteiger partial charge >= 0.3 is 0 Å². The van der Waals surface area contributed by atoms with Gasteiger partial charge in [0, 0.05) is 32.8 Å². The van der Waals surface area contributed by atoms with Crippen LogP contribution in [0, 0.1) is 11.3 Å². The van der Waals surface area contributed by atoms with Crippen molar-refractivity contribution in [3.05, 3.63) is 11.9 Å². The zero-order valence-corrected chi connectivity index (χ0v) is 7.93. The Morgan fingerprint density at radius 3 is 3.00 bits per heavy atom. The van der Waals surface area contributed by atoms with Crippen molar-refractivity contribution in [1.82, 2.24) is 19.9 Å². The molecule has 0 aliphatic carbocycles. The molecular formula is C8H13N5. The molecule has 0 amide bonds. The average Bonchev–Trinajstić information content (AvgIpc) is 2.48. The third kappa shape index (κ3) is 3.22. The van der Waals surface area contributed by atoms with Crippen molar-refractivity contribution < 1.29 is 0 Å². The van der Waals surface area contributed by atoms with Crippen LogP contribution in [0.5, 0.6) is 0 Å². The van der Waals surface area contributed by atoms with Crippen molar-refractivity contribution in [3.63, 3.8) is 0 Å². The van der Waals surface area contributed by atoms with E-state index in [2.05, 4.69) is 16.4 Å². The molecule has 0 aliphatic heterocycles. The number of aryl methyl sites for hydroxylation is 1. The van der Waals surface area contributed by atoms with E-state index in [0.717, 1.165) is 18.8 Å². The fraction of sp³-hybridized carbons (Fsp3) is 0.625. The van der Waals surface area contributed by atoms with E-state index in [1.807, 2.05) is 25.2 Å². The first-order valence-electron chi connectivity index (χ1n) is 4.13. The molecule has 0 bridgehead atoms. The first-order chi connectivity index (χ1) is 6.22. The van der Waals surface area contributed by atoms with Crippen LogP contribution in [0.3, 0.4) is 0 Å². The fourth-order valence-electron chi connectivity index (χ4n) is 1.06. The molecule has 1 aromatic heterocycles. The summed E-state index contributed by atoms with van der Waals surface area (Å²) in [6, 6.07) is 2.11. The van der Waals surface area contributed by atoms with Gasteiger partial charge in [0.1, 0.15) is 0 Å². The van der Waals surface area contributed by atoms with E-state index in [-0.39, 0.29) is 0 Å². The molecule has 0 spiro atoms. The van der Waals surface area contributed by atoms with Crippen LogP contribution in [0.1, 0.15) is 12.1 Å². The second-order valence-corrected chi connectivity index (χ2v) is 3.03. The maximum Gasteiger partial charge on any atom is 0.0966 e. The number of aromatic nitrogens is 3. The third-order valence-electron chi connectivity index (χ3n) is 1.69. The summed E-state index contributed by atoms with van der Waals surface area (Å²) >= 11 is 0. The van der Waals surface area contributed by atoms with Crippen molar-refractivity contribution in [3.8, 4) is 6.07 Å². The SMILES string of the molecule is CN(CCC#N)Cc1cn(C)nn1. The van der Waals surface area contributed by atoms with Crippen LogP contribution in [-0.2, 0) is 13.6 Å². The Balaban J connectivity index is 2.37. The average molecular weight is 179 g/mol. The Hall–Kier alpha value is -1.41. The number of hydrogen-bond donors (Lipinski definition) is 0. The van der Waals surface area contributed by atoms with Gasteiger partial charge in [-0.15, -0.1) is 5.10 Å². The lowest BCUT2D eigenvalue weighted by Gasteiger charge is -2.11. The molecule has 0 saturated carbocycles. The predicted molar refractivity (Wildman–Crippen MR) is 47.6 cm³/mol. The van der Waals surface area contributed by atoms with Crippen molar-refractivity contribution in [2.45, 2.75) is 13.0 Å². The Bertz CT molecular complexity index is 298. The highest BCUT2D eigenvalue weighted by atomic mass is 15.4. The van der Waals surface area contributed by atoms with E-state index < -0.39 is 0 Å². The fourth-order valence-corrected chi connectivity index (χ4v) is 1.06. The number of rotatable bonds is 4. The lowest BCUT2D eigenvalue weighted by molar-refractivity contribution is 0.330. The van der Waals surface area contributed by atoms with Crippen LogP contribution >= 0.6 is 0 Å². The van der Waals surface area contributed by atoms with E-state index in [1.165, 1.54) is 0 Å². The highest BCUT2D eigenvalue weighted by molar-refractivity contribution is 4.91. The molecule has 0 aliphatic rings. The van der Waals surface area contributed by atoms with Crippen molar-refractivity contribution >= 4 is 0 Å². The molecule has 5 nitrogen and oxygen atoms in total. The highest BCUT2D eigenvalue weighted by Gasteiger charge is 2.02. The summed E-state index contributed by atoms with van der Waals surface area (Å²) in [5.74, 6) is 0. The minimum atomic E-state index is 0.552. The Kier molecular flexibility index (Phi) is 3.41. The molecule has 0 N–H and O–H groups in total. The molecule has 1 rings (SSSR count). The molecule has 13 heavy (non-hydrogen) atoms. The van der Waals surface area contributed by atoms with E-state index in [9.17, 15) is 0 Å². The predicted octanol–water partition coefficient (Wildman–Crippen LogP) is 0.161. The minimum absolute atomic E-state index is 0.552. The molecule has 0 fully saturated rings. The maximum absolute atomic E-state index is 8.38. The van der Waals surface area contributed by atoms with Crippen molar-refractivity contribution in [2.24, 2.45) is 7.05 Å². The Morgan fingerprint density at radius 1 is 1.69 bits per heavy atom. The van der Waals surface area contributed by atoms with Gasteiger partial charge in [0.05, 0.1) is 11.8 Å². The molecule has 1 heterocycles. The number of hydrogen-bond acceptors (Lipinski definition) is 4. The number of nitriles is 1.